The van der Waals surface area contributed by atoms with Crippen LogP contribution in [0, 0.1) is 13.8 Å². The van der Waals surface area contributed by atoms with Gasteiger partial charge in [0.25, 0.3) is 11.8 Å². The Labute approximate surface area is 473 Å². The highest BCUT2D eigenvalue weighted by atomic mass is 32.2. The molecule has 0 radical (unpaired) electrons. The lowest BCUT2D eigenvalue weighted by molar-refractivity contribution is -0.142. The molecule has 1 unspecified atom stereocenters. The number of allylic oxidation sites excluding steroid dienone is 2. The molecule has 4 aromatic heterocycles. The summed E-state index contributed by atoms with van der Waals surface area (Å²) in [5, 5.41) is 19.7. The van der Waals surface area contributed by atoms with Crippen LogP contribution in [0.1, 0.15) is 131 Å². The smallest absolute Gasteiger partial charge is 0.303 e. The topological polar surface area (TPSA) is 383 Å². The zero-order valence-electron chi connectivity index (χ0n) is 46.3. The molecular formula is C54H65N13O14S. The summed E-state index contributed by atoms with van der Waals surface area (Å²) in [4.78, 5) is 136. The zero-order valence-corrected chi connectivity index (χ0v) is 47.2. The highest BCUT2D eigenvalue weighted by Gasteiger charge is 2.41. The fourth-order valence-corrected chi connectivity index (χ4v) is 10.5. The normalized spacial score (nSPS) is 13.8. The number of carbonyl (C=O) groups excluding carboxylic acids is 8. The Balaban J connectivity index is 1.14. The second-order valence-corrected chi connectivity index (χ2v) is 20.5. The minimum atomic E-state index is -1.34. The van der Waals surface area contributed by atoms with Crippen molar-refractivity contribution in [2.75, 3.05) is 37.4 Å². The standard InChI is InChI=1S/C54H65N13O14S/c1-8-31(9-2)82-39-25-41(69)67(52(39)77)26-40(68)60-34(15-16-42(70)71)49(74)57-17-14-20-79-38-24-30(48(56)73)22-36-44(38)66(54(62-36)64-51(76)46-33(11-4)59-28(6)81-46)19-13-12-18-65-43-35(21-29(47(55)72)23-37(43)78-7)61-53(65)63-50(75)45-32(10-3)58-27(5)80-45/h12-13,21-24,31,34,39H,8-11,14-20,25-26H2,1-7H3,(H2,55,72)(H2,56,73)(H,57,74)(H,60,68)(H,70,71)(H,61,63,75)(H,62,64,76)/b13-12+/t34-,39?/m1/s1. The summed E-state index contributed by atoms with van der Waals surface area (Å²) in [5.74, 6) is -5.81. The maximum absolute atomic E-state index is 13.9. The first-order valence-corrected chi connectivity index (χ1v) is 27.5. The Hall–Kier alpha value is -9.08. The summed E-state index contributed by atoms with van der Waals surface area (Å²) in [6, 6.07) is 4.39. The van der Waals surface area contributed by atoms with E-state index < -0.39 is 77.5 Å². The van der Waals surface area contributed by atoms with Gasteiger partial charge in [0.2, 0.25) is 58.9 Å². The van der Waals surface area contributed by atoms with Crippen molar-refractivity contribution in [3.8, 4) is 11.5 Å². The highest BCUT2D eigenvalue weighted by Crippen LogP contribution is 2.34. The Bertz CT molecular complexity index is 3480. The van der Waals surface area contributed by atoms with Crippen LogP contribution in [0.3, 0.4) is 0 Å². The van der Waals surface area contributed by atoms with Gasteiger partial charge in [0.15, 0.2) is 11.8 Å². The summed E-state index contributed by atoms with van der Waals surface area (Å²) >= 11 is 1.39. The largest absolute Gasteiger partial charge is 0.494 e. The van der Waals surface area contributed by atoms with Crippen molar-refractivity contribution in [2.45, 2.75) is 123 Å². The summed E-state index contributed by atoms with van der Waals surface area (Å²) in [6.07, 6.45) is 5.10. The fourth-order valence-electron chi connectivity index (χ4n) is 9.16. The van der Waals surface area contributed by atoms with Crippen LogP contribution in [-0.4, -0.2) is 136 Å². The number of fused-ring (bicyclic) bond motifs is 2. The second kappa shape index (κ2) is 26.9. The van der Waals surface area contributed by atoms with Crippen LogP contribution in [0.4, 0.5) is 11.9 Å². The number of amides is 8. The van der Waals surface area contributed by atoms with Crippen molar-refractivity contribution in [3.05, 3.63) is 82.2 Å². The Morgan fingerprint density at radius 3 is 1.80 bits per heavy atom. The van der Waals surface area contributed by atoms with Crippen LogP contribution in [0.5, 0.6) is 11.5 Å². The van der Waals surface area contributed by atoms with Gasteiger partial charge in [-0.3, -0.25) is 58.7 Å². The van der Waals surface area contributed by atoms with E-state index in [9.17, 15) is 48.3 Å². The van der Waals surface area contributed by atoms with Crippen molar-refractivity contribution < 1.29 is 66.6 Å². The van der Waals surface area contributed by atoms with Gasteiger partial charge in [-0.25, -0.2) is 19.9 Å². The number of anilines is 2. The number of benzene rings is 2. The number of hydrogen-bond donors (Lipinski definition) is 7. The molecule has 0 saturated carbocycles. The van der Waals surface area contributed by atoms with Gasteiger partial charge >= 0.3 is 5.97 Å². The Morgan fingerprint density at radius 2 is 1.32 bits per heavy atom. The van der Waals surface area contributed by atoms with E-state index in [4.69, 9.17) is 34.8 Å². The highest BCUT2D eigenvalue weighted by molar-refractivity contribution is 8.01. The van der Waals surface area contributed by atoms with Crippen LogP contribution in [0.15, 0.2) is 45.3 Å². The first kappa shape index (κ1) is 60.6. The molecule has 27 nitrogen and oxygen atoms in total. The lowest BCUT2D eigenvalue weighted by atomic mass is 10.1. The Kier molecular flexibility index (Phi) is 19.9. The van der Waals surface area contributed by atoms with Gasteiger partial charge in [-0.05, 0) is 62.8 Å². The lowest BCUT2D eigenvalue weighted by Crippen LogP contribution is -2.50. The number of imidazole rings is 2. The van der Waals surface area contributed by atoms with Gasteiger partial charge in [-0.1, -0.05) is 39.8 Å². The molecule has 9 N–H and O–H groups in total. The summed E-state index contributed by atoms with van der Waals surface area (Å²) in [6.45, 7) is 10.0. The van der Waals surface area contributed by atoms with E-state index in [2.05, 4.69) is 36.2 Å². The number of aryl methyl sites for hydroxylation is 4. The maximum Gasteiger partial charge on any atom is 0.303 e. The molecule has 1 aliphatic heterocycles. The molecule has 5 heterocycles. The minimum absolute atomic E-state index is 0.00397. The van der Waals surface area contributed by atoms with Gasteiger partial charge < -0.3 is 54.6 Å². The molecule has 0 spiro atoms. The quantitative estimate of drug-likeness (QED) is 0.0195. The monoisotopic (exact) mass is 1150 g/mol. The number of nitrogens with one attached hydrogen (secondary N) is 4. The van der Waals surface area contributed by atoms with E-state index in [1.54, 1.807) is 35.1 Å². The molecule has 2 aromatic carbocycles. The second-order valence-electron chi connectivity index (χ2n) is 18.9. The van der Waals surface area contributed by atoms with E-state index in [1.165, 1.54) is 43.1 Å². The molecule has 0 aliphatic carbocycles. The molecule has 8 amide bonds. The van der Waals surface area contributed by atoms with Crippen molar-refractivity contribution in [2.24, 2.45) is 11.5 Å². The van der Waals surface area contributed by atoms with Crippen LogP contribution in [-0.2, 0) is 49.9 Å². The number of aromatic nitrogens is 6. The van der Waals surface area contributed by atoms with E-state index in [-0.39, 0.29) is 114 Å². The molecule has 28 heteroatoms. The number of methoxy groups -OCH3 is 1. The number of aliphatic carboxylic acids is 1. The average molecular weight is 1150 g/mol. The maximum atomic E-state index is 13.9. The third-order valence-electron chi connectivity index (χ3n) is 13.2. The third kappa shape index (κ3) is 14.1. The zero-order chi connectivity index (χ0) is 59.5. The van der Waals surface area contributed by atoms with Crippen molar-refractivity contribution >= 4 is 99.0 Å². The molecule has 82 heavy (non-hydrogen) atoms. The number of carbonyl (C=O) groups is 9. The predicted octanol–water partition coefficient (Wildman–Crippen LogP) is 4.36. The van der Waals surface area contributed by atoms with Gasteiger partial charge in [-0.2, -0.15) is 0 Å². The van der Waals surface area contributed by atoms with Crippen molar-refractivity contribution in [1.82, 2.24) is 44.6 Å². The van der Waals surface area contributed by atoms with Crippen LogP contribution in [0.25, 0.3) is 22.1 Å². The molecule has 1 fully saturated rings. The number of nitrogens with two attached hydrogens (primary N) is 2. The first-order chi connectivity index (χ1) is 39.2. The molecule has 6 aromatic rings. The van der Waals surface area contributed by atoms with E-state index in [0.717, 1.165) is 17.7 Å². The lowest BCUT2D eigenvalue weighted by Gasteiger charge is -2.21. The van der Waals surface area contributed by atoms with Gasteiger partial charge in [0, 0.05) is 62.7 Å². The number of imide groups is 1. The molecule has 1 saturated heterocycles. The van der Waals surface area contributed by atoms with Crippen molar-refractivity contribution in [1.29, 1.82) is 0 Å². The summed E-state index contributed by atoms with van der Waals surface area (Å²) in [7, 11) is 1.40. The number of carboxylic acid groups (broad SMARTS) is 1. The predicted molar refractivity (Wildman–Crippen MR) is 298 cm³/mol. The number of primary amides is 2. The number of rotatable bonds is 29. The van der Waals surface area contributed by atoms with E-state index in [0.29, 0.717) is 41.2 Å². The van der Waals surface area contributed by atoms with Crippen LogP contribution in [0.2, 0.25) is 0 Å². The SMILES string of the molecule is CCc1nc(C)oc1C(=O)Nc1nc2cc(C(N)=O)cc(OC)c2n1C/C=C/Cn1c(NC(=O)c2oc(C)nc2CC)nc2cc(C(N)=O)cc(OCCCNC(=O)[C@@H](CCC(=O)O)NC(=O)CN3C(=O)CC(SC(CC)CC)C3=O)c21. The molecule has 436 valence electrons. The molecule has 2 atom stereocenters. The van der Waals surface area contributed by atoms with Crippen LogP contribution < -0.4 is 42.2 Å². The number of oxazole rings is 2. The number of likely N-dealkylation sites (tertiary alicyclic amines) is 1. The first-order valence-electron chi connectivity index (χ1n) is 26.5. The number of hydrogen-bond acceptors (Lipinski definition) is 18. The number of nitrogens with zero attached hydrogens (tertiary/aromatic N) is 7. The number of ether oxygens (including phenoxy) is 2. The van der Waals surface area contributed by atoms with Gasteiger partial charge in [-0.15, -0.1) is 11.8 Å². The van der Waals surface area contributed by atoms with Crippen LogP contribution >= 0.6 is 11.8 Å². The summed E-state index contributed by atoms with van der Waals surface area (Å²) in [5.41, 5.74) is 13.5. The molecule has 7 rings (SSSR count). The molecule has 0 bridgehead atoms. The van der Waals surface area contributed by atoms with Crippen molar-refractivity contribution in [3.63, 3.8) is 0 Å². The van der Waals surface area contributed by atoms with E-state index in [1.807, 2.05) is 27.7 Å². The molecular weight excluding hydrogens is 1090 g/mol. The number of thioether (sulfide) groups is 1. The fraction of sp³-hybridized carbons (Fsp3) is 0.426. The summed E-state index contributed by atoms with van der Waals surface area (Å²) < 4.78 is 26.5. The van der Waals surface area contributed by atoms with Gasteiger partial charge in [0.1, 0.15) is 35.1 Å². The number of carboxylic acids is 1. The average Bonchev–Trinajstić information content (AvgIpc) is 4.09. The van der Waals surface area contributed by atoms with E-state index >= 15 is 0 Å². The Morgan fingerprint density at radius 1 is 0.793 bits per heavy atom. The minimum Gasteiger partial charge on any atom is -0.494 e. The van der Waals surface area contributed by atoms with Gasteiger partial charge in [0.05, 0.1) is 41.4 Å². The molecule has 1 aliphatic rings. The third-order valence-corrected chi connectivity index (χ3v) is 15.0.